The van der Waals surface area contributed by atoms with Gasteiger partial charge in [0, 0.05) is 6.20 Å². The topological polar surface area (TPSA) is 42.1 Å². The molecule has 0 aromatic carbocycles. The van der Waals surface area contributed by atoms with Crippen molar-refractivity contribution in [1.82, 2.24) is 4.98 Å². The highest BCUT2D eigenvalue weighted by Gasteiger charge is 2.18. The van der Waals surface area contributed by atoms with Crippen LogP contribution in [0.3, 0.4) is 0 Å². The van der Waals surface area contributed by atoms with E-state index in [0.717, 1.165) is 0 Å². The summed E-state index contributed by atoms with van der Waals surface area (Å²) in [6.45, 7) is 5.46. The van der Waals surface area contributed by atoms with Crippen molar-refractivity contribution in [2.45, 2.75) is 26.4 Å². The van der Waals surface area contributed by atoms with Gasteiger partial charge in [-0.1, -0.05) is 12.2 Å². The maximum atomic E-state index is 11.6. The molecule has 0 spiro atoms. The van der Waals surface area contributed by atoms with Crippen molar-refractivity contribution in [3.63, 3.8) is 0 Å². The number of ether oxygens (including phenoxy) is 1. The Balaban J connectivity index is 2.92. The predicted octanol–water partition coefficient (Wildman–Crippen LogP) is 2.70. The lowest BCUT2D eigenvalue weighted by Gasteiger charge is -2.19. The number of carbonyl (C=O) groups excluding carboxylic acids is 1. The van der Waals surface area contributed by atoms with Crippen LogP contribution in [-0.2, 0) is 4.74 Å². The highest BCUT2D eigenvalue weighted by atomic mass is 32.1. The maximum Gasteiger partial charge on any atom is 0.341 e. The standard InChI is InChI=1S/C10H13NO2S/c1-10(2,3)13-9(12)7-5-4-6-11-8(7)14/h4-6H,1-3H3,(H,11,14). The van der Waals surface area contributed by atoms with Crippen LogP contribution in [0.1, 0.15) is 31.1 Å². The Morgan fingerprint density at radius 1 is 1.50 bits per heavy atom. The van der Waals surface area contributed by atoms with E-state index in [-0.39, 0.29) is 5.97 Å². The summed E-state index contributed by atoms with van der Waals surface area (Å²) in [6.07, 6.45) is 1.68. The molecule has 0 atom stereocenters. The van der Waals surface area contributed by atoms with Gasteiger partial charge in [0.15, 0.2) is 0 Å². The zero-order chi connectivity index (χ0) is 10.8. The van der Waals surface area contributed by atoms with Gasteiger partial charge < -0.3 is 9.72 Å². The largest absolute Gasteiger partial charge is 0.456 e. The number of hydrogen-bond acceptors (Lipinski definition) is 3. The van der Waals surface area contributed by atoms with Crippen molar-refractivity contribution >= 4 is 18.2 Å². The van der Waals surface area contributed by atoms with E-state index in [0.29, 0.717) is 10.2 Å². The number of aromatic amines is 1. The number of pyridine rings is 1. The highest BCUT2D eigenvalue weighted by molar-refractivity contribution is 7.71. The molecule has 76 valence electrons. The van der Waals surface area contributed by atoms with Crippen LogP contribution in [-0.4, -0.2) is 16.6 Å². The molecule has 0 saturated heterocycles. The molecule has 1 aromatic rings. The van der Waals surface area contributed by atoms with Crippen LogP contribution < -0.4 is 0 Å². The molecule has 1 aromatic heterocycles. The Bertz CT molecular complexity index is 390. The first-order valence-corrected chi connectivity index (χ1v) is 4.72. The van der Waals surface area contributed by atoms with Crippen molar-refractivity contribution in [1.29, 1.82) is 0 Å². The van der Waals surface area contributed by atoms with Crippen molar-refractivity contribution in [3.8, 4) is 0 Å². The number of nitrogens with one attached hydrogen (secondary N) is 1. The normalized spacial score (nSPS) is 11.1. The van der Waals surface area contributed by atoms with E-state index >= 15 is 0 Å². The molecule has 0 aliphatic heterocycles. The fourth-order valence-corrected chi connectivity index (χ4v) is 1.13. The van der Waals surface area contributed by atoms with Gasteiger partial charge in [-0.05, 0) is 32.9 Å². The third-order valence-electron chi connectivity index (χ3n) is 1.44. The highest BCUT2D eigenvalue weighted by Crippen LogP contribution is 2.11. The van der Waals surface area contributed by atoms with E-state index in [2.05, 4.69) is 4.98 Å². The molecular weight excluding hydrogens is 198 g/mol. The van der Waals surface area contributed by atoms with Crippen LogP contribution in [0.15, 0.2) is 18.3 Å². The number of hydrogen-bond donors (Lipinski definition) is 1. The number of carbonyl (C=O) groups is 1. The van der Waals surface area contributed by atoms with Crippen LogP contribution in [0, 0.1) is 4.64 Å². The molecule has 1 heterocycles. The fourth-order valence-electron chi connectivity index (χ4n) is 0.915. The molecule has 0 radical (unpaired) electrons. The van der Waals surface area contributed by atoms with Crippen LogP contribution in [0.4, 0.5) is 0 Å². The monoisotopic (exact) mass is 211 g/mol. The summed E-state index contributed by atoms with van der Waals surface area (Å²) < 4.78 is 5.58. The van der Waals surface area contributed by atoms with Crippen LogP contribution in [0.5, 0.6) is 0 Å². The molecule has 0 bridgehead atoms. The molecule has 0 saturated carbocycles. The molecule has 14 heavy (non-hydrogen) atoms. The second-order valence-electron chi connectivity index (χ2n) is 3.91. The van der Waals surface area contributed by atoms with E-state index in [1.807, 2.05) is 20.8 Å². The molecule has 4 heteroatoms. The van der Waals surface area contributed by atoms with E-state index < -0.39 is 5.60 Å². The fraction of sp³-hybridized carbons (Fsp3) is 0.400. The summed E-state index contributed by atoms with van der Waals surface area (Å²) in [5.41, 5.74) is -0.0910. The van der Waals surface area contributed by atoms with Gasteiger partial charge in [-0.25, -0.2) is 4.79 Å². The van der Waals surface area contributed by atoms with Crippen LogP contribution in [0.2, 0.25) is 0 Å². The SMILES string of the molecule is CC(C)(C)OC(=O)c1ccc[nH]c1=S. The zero-order valence-electron chi connectivity index (χ0n) is 8.46. The first-order valence-electron chi connectivity index (χ1n) is 4.31. The Morgan fingerprint density at radius 2 is 2.14 bits per heavy atom. The van der Waals surface area contributed by atoms with Gasteiger partial charge in [-0.2, -0.15) is 0 Å². The van der Waals surface area contributed by atoms with Crippen LogP contribution in [0.25, 0.3) is 0 Å². The van der Waals surface area contributed by atoms with Crippen molar-refractivity contribution in [2.75, 3.05) is 0 Å². The van der Waals surface area contributed by atoms with E-state index in [9.17, 15) is 4.79 Å². The third kappa shape index (κ3) is 2.96. The van der Waals surface area contributed by atoms with Gasteiger partial charge in [0.05, 0.1) is 5.56 Å². The second-order valence-corrected chi connectivity index (χ2v) is 4.32. The lowest BCUT2D eigenvalue weighted by atomic mass is 10.2. The minimum absolute atomic E-state index is 0.389. The molecule has 0 unspecified atom stereocenters. The molecule has 1 rings (SSSR count). The summed E-state index contributed by atoms with van der Waals surface area (Å²) in [5.74, 6) is -0.389. The van der Waals surface area contributed by atoms with E-state index in [4.69, 9.17) is 17.0 Å². The molecule has 3 nitrogen and oxygen atoms in total. The molecule has 1 N–H and O–H groups in total. The molecule has 0 aliphatic carbocycles. The average Bonchev–Trinajstić information content (AvgIpc) is 2.01. The van der Waals surface area contributed by atoms with Gasteiger partial charge >= 0.3 is 5.97 Å². The molecule has 0 aliphatic rings. The molecule has 0 fully saturated rings. The van der Waals surface area contributed by atoms with E-state index in [1.54, 1.807) is 18.3 Å². The number of aromatic nitrogens is 1. The second kappa shape index (κ2) is 3.92. The smallest absolute Gasteiger partial charge is 0.341 e. The van der Waals surface area contributed by atoms with Gasteiger partial charge in [0.1, 0.15) is 10.2 Å². The Kier molecular flexibility index (Phi) is 3.06. The zero-order valence-corrected chi connectivity index (χ0v) is 9.27. The lowest BCUT2D eigenvalue weighted by molar-refractivity contribution is 0.00684. The summed E-state index contributed by atoms with van der Waals surface area (Å²) in [5, 5.41) is 0. The Morgan fingerprint density at radius 3 is 2.64 bits per heavy atom. The molecule has 0 amide bonds. The number of H-pyrrole nitrogens is 1. The predicted molar refractivity (Wildman–Crippen MR) is 56.8 cm³/mol. The van der Waals surface area contributed by atoms with Gasteiger partial charge in [-0.15, -0.1) is 0 Å². The average molecular weight is 211 g/mol. The van der Waals surface area contributed by atoms with Crippen molar-refractivity contribution < 1.29 is 9.53 Å². The summed E-state index contributed by atoms with van der Waals surface area (Å²) >= 11 is 4.96. The van der Waals surface area contributed by atoms with Gasteiger partial charge in [-0.3, -0.25) is 0 Å². The number of rotatable bonds is 1. The van der Waals surface area contributed by atoms with E-state index in [1.165, 1.54) is 0 Å². The number of esters is 1. The Labute approximate surface area is 88.1 Å². The van der Waals surface area contributed by atoms with Crippen LogP contribution >= 0.6 is 12.2 Å². The van der Waals surface area contributed by atoms with Crippen molar-refractivity contribution in [2.24, 2.45) is 0 Å². The van der Waals surface area contributed by atoms with Crippen molar-refractivity contribution in [3.05, 3.63) is 28.5 Å². The quantitative estimate of drug-likeness (QED) is 0.573. The first kappa shape index (κ1) is 10.9. The minimum atomic E-state index is -0.491. The van der Waals surface area contributed by atoms with Gasteiger partial charge in [0.2, 0.25) is 0 Å². The summed E-state index contributed by atoms with van der Waals surface area (Å²) in [6, 6.07) is 3.36. The maximum absolute atomic E-state index is 11.6. The first-order chi connectivity index (χ1) is 6.40. The summed E-state index contributed by atoms with van der Waals surface area (Å²) in [4.78, 5) is 14.4. The lowest BCUT2D eigenvalue weighted by Crippen LogP contribution is -2.24. The third-order valence-corrected chi connectivity index (χ3v) is 1.77. The van der Waals surface area contributed by atoms with Gasteiger partial charge in [0.25, 0.3) is 0 Å². The Hall–Kier alpha value is -1.16. The summed E-state index contributed by atoms with van der Waals surface area (Å²) in [7, 11) is 0. The molecular formula is C10H13NO2S. The minimum Gasteiger partial charge on any atom is -0.456 e.